The predicted octanol–water partition coefficient (Wildman–Crippen LogP) is 3.31. The van der Waals surface area contributed by atoms with Gasteiger partial charge >= 0.3 is 0 Å². The number of rotatable bonds is 4. The highest BCUT2D eigenvalue weighted by molar-refractivity contribution is 7.92. The number of para-hydroxylation sites is 1. The van der Waals surface area contributed by atoms with Gasteiger partial charge in [0.05, 0.1) is 17.0 Å². The smallest absolute Gasteiger partial charge is 0.247 e. The normalized spacial score (nSPS) is 13.6. The number of fused-ring (bicyclic) bond motifs is 1. The van der Waals surface area contributed by atoms with E-state index in [4.69, 9.17) is 11.6 Å². The molecule has 0 fully saturated rings. The third-order valence-corrected chi connectivity index (χ3v) is 5.92. The molecule has 5 nitrogen and oxygen atoms in total. The Bertz CT molecular complexity index is 949. The Morgan fingerprint density at radius 2 is 1.92 bits per heavy atom. The number of benzene rings is 2. The van der Waals surface area contributed by atoms with Crippen molar-refractivity contribution in [2.75, 3.05) is 28.6 Å². The minimum atomic E-state index is -3.68. The van der Waals surface area contributed by atoms with E-state index < -0.39 is 10.0 Å². The van der Waals surface area contributed by atoms with Crippen LogP contribution in [-0.4, -0.2) is 33.7 Å². The molecule has 7 heteroatoms. The van der Waals surface area contributed by atoms with Crippen LogP contribution in [0, 0.1) is 13.8 Å². The third-order valence-electron chi connectivity index (χ3n) is 4.52. The zero-order valence-corrected chi connectivity index (χ0v) is 16.6. The monoisotopic (exact) mass is 392 g/mol. The first kappa shape index (κ1) is 18.7. The Balaban J connectivity index is 1.96. The topological polar surface area (TPSA) is 57.7 Å². The molecule has 0 spiro atoms. The molecule has 3 rings (SSSR count). The fourth-order valence-corrected chi connectivity index (χ4v) is 4.78. The summed E-state index contributed by atoms with van der Waals surface area (Å²) in [5.41, 5.74) is 3.95. The minimum Gasteiger partial charge on any atom is -0.310 e. The molecule has 1 heterocycles. The van der Waals surface area contributed by atoms with Crippen molar-refractivity contribution in [1.29, 1.82) is 0 Å². The van der Waals surface area contributed by atoms with E-state index in [9.17, 15) is 13.2 Å². The highest BCUT2D eigenvalue weighted by Gasteiger charge is 2.30. The SMILES string of the molecule is Cc1cc(C)c(N(CC(=O)N2CCc3ccccc32)S(C)(=O)=O)c(Cl)c1. The van der Waals surface area contributed by atoms with Gasteiger partial charge in [0, 0.05) is 12.2 Å². The van der Waals surface area contributed by atoms with E-state index in [1.165, 1.54) is 0 Å². The molecule has 0 N–H and O–H groups in total. The van der Waals surface area contributed by atoms with E-state index in [1.54, 1.807) is 17.9 Å². The van der Waals surface area contributed by atoms with Crippen LogP contribution in [0.4, 0.5) is 11.4 Å². The van der Waals surface area contributed by atoms with Crippen LogP contribution in [-0.2, 0) is 21.2 Å². The van der Waals surface area contributed by atoms with E-state index in [1.807, 2.05) is 37.3 Å². The molecule has 1 amide bonds. The highest BCUT2D eigenvalue weighted by atomic mass is 35.5. The zero-order chi connectivity index (χ0) is 19.1. The third kappa shape index (κ3) is 3.57. The zero-order valence-electron chi connectivity index (χ0n) is 15.0. The largest absolute Gasteiger partial charge is 0.310 e. The van der Waals surface area contributed by atoms with Gasteiger partial charge in [0.2, 0.25) is 15.9 Å². The average molecular weight is 393 g/mol. The van der Waals surface area contributed by atoms with Crippen molar-refractivity contribution in [3.8, 4) is 0 Å². The molecule has 0 atom stereocenters. The molecule has 1 aliphatic heterocycles. The molecule has 2 aromatic rings. The lowest BCUT2D eigenvalue weighted by Gasteiger charge is -2.27. The Hall–Kier alpha value is -2.05. The van der Waals surface area contributed by atoms with Gasteiger partial charge in [-0.3, -0.25) is 9.10 Å². The number of aryl methyl sites for hydroxylation is 2. The molecule has 0 aromatic heterocycles. The summed E-state index contributed by atoms with van der Waals surface area (Å²) in [6.45, 7) is 3.95. The molecule has 0 bridgehead atoms. The van der Waals surface area contributed by atoms with Crippen molar-refractivity contribution >= 4 is 38.9 Å². The summed E-state index contributed by atoms with van der Waals surface area (Å²) in [4.78, 5) is 14.5. The van der Waals surface area contributed by atoms with Crippen molar-refractivity contribution in [3.63, 3.8) is 0 Å². The summed E-state index contributed by atoms with van der Waals surface area (Å²) < 4.78 is 25.9. The maximum atomic E-state index is 12.9. The maximum Gasteiger partial charge on any atom is 0.247 e. The van der Waals surface area contributed by atoms with Gasteiger partial charge in [-0.15, -0.1) is 0 Å². The Kier molecular flexibility index (Phi) is 4.99. The summed E-state index contributed by atoms with van der Waals surface area (Å²) in [6, 6.07) is 11.2. The second-order valence-corrected chi connectivity index (χ2v) is 8.92. The van der Waals surface area contributed by atoms with Crippen LogP contribution in [0.25, 0.3) is 0 Å². The molecule has 0 saturated carbocycles. The lowest BCUT2D eigenvalue weighted by atomic mass is 10.1. The van der Waals surface area contributed by atoms with E-state index in [0.717, 1.165) is 39.4 Å². The van der Waals surface area contributed by atoms with Crippen LogP contribution in [0.3, 0.4) is 0 Å². The maximum absolute atomic E-state index is 12.9. The van der Waals surface area contributed by atoms with E-state index in [0.29, 0.717) is 17.3 Å². The van der Waals surface area contributed by atoms with Gasteiger partial charge in [0.15, 0.2) is 0 Å². The summed E-state index contributed by atoms with van der Waals surface area (Å²) >= 11 is 6.33. The Morgan fingerprint density at radius 3 is 2.58 bits per heavy atom. The van der Waals surface area contributed by atoms with Crippen LogP contribution < -0.4 is 9.21 Å². The molecule has 26 heavy (non-hydrogen) atoms. The summed E-state index contributed by atoms with van der Waals surface area (Å²) in [5, 5.41) is 0.322. The van der Waals surface area contributed by atoms with Gasteiger partial charge in [-0.1, -0.05) is 35.9 Å². The molecule has 2 aromatic carbocycles. The second-order valence-electron chi connectivity index (χ2n) is 6.61. The number of sulfonamides is 1. The number of nitrogens with zero attached hydrogens (tertiary/aromatic N) is 2. The summed E-state index contributed by atoms with van der Waals surface area (Å²) in [6.07, 6.45) is 1.86. The van der Waals surface area contributed by atoms with Gasteiger partial charge in [0.25, 0.3) is 0 Å². The second kappa shape index (κ2) is 6.93. The first-order valence-electron chi connectivity index (χ1n) is 8.31. The first-order chi connectivity index (χ1) is 12.2. The Labute approximate surface area is 159 Å². The molecule has 1 aliphatic rings. The van der Waals surface area contributed by atoms with Gasteiger partial charge in [-0.05, 0) is 49.1 Å². The average Bonchev–Trinajstić information content (AvgIpc) is 2.96. The van der Waals surface area contributed by atoms with E-state index in [-0.39, 0.29) is 12.5 Å². The van der Waals surface area contributed by atoms with Crippen LogP contribution in [0.1, 0.15) is 16.7 Å². The fourth-order valence-electron chi connectivity index (χ4n) is 3.39. The molecule has 0 saturated heterocycles. The lowest BCUT2D eigenvalue weighted by molar-refractivity contribution is -0.117. The predicted molar refractivity (Wildman–Crippen MR) is 106 cm³/mol. The van der Waals surface area contributed by atoms with Gasteiger partial charge in [0.1, 0.15) is 6.54 Å². The number of hydrogen-bond acceptors (Lipinski definition) is 3. The van der Waals surface area contributed by atoms with E-state index >= 15 is 0 Å². The minimum absolute atomic E-state index is 0.267. The summed E-state index contributed by atoms with van der Waals surface area (Å²) in [5.74, 6) is -0.267. The van der Waals surface area contributed by atoms with Crippen molar-refractivity contribution in [2.45, 2.75) is 20.3 Å². The van der Waals surface area contributed by atoms with Crippen molar-refractivity contribution in [1.82, 2.24) is 0 Å². The lowest BCUT2D eigenvalue weighted by Crippen LogP contribution is -2.42. The highest BCUT2D eigenvalue weighted by Crippen LogP contribution is 2.33. The molecule has 0 aliphatic carbocycles. The number of hydrogen-bond donors (Lipinski definition) is 0. The Morgan fingerprint density at radius 1 is 1.23 bits per heavy atom. The van der Waals surface area contributed by atoms with Gasteiger partial charge in [-0.25, -0.2) is 8.42 Å². The first-order valence-corrected chi connectivity index (χ1v) is 10.5. The molecule has 0 radical (unpaired) electrons. The number of halogens is 1. The fraction of sp³-hybridized carbons (Fsp3) is 0.316. The van der Waals surface area contributed by atoms with Crippen LogP contribution in [0.5, 0.6) is 0 Å². The number of anilines is 2. The molecule has 0 unspecified atom stereocenters. The number of carbonyl (C=O) groups is 1. The van der Waals surface area contributed by atoms with Crippen LogP contribution >= 0.6 is 11.6 Å². The standard InChI is InChI=1S/C19H21ClN2O3S/c1-13-10-14(2)19(16(20)11-13)22(26(3,24)25)12-18(23)21-9-8-15-6-4-5-7-17(15)21/h4-7,10-11H,8-9,12H2,1-3H3. The number of amides is 1. The van der Waals surface area contributed by atoms with Crippen molar-refractivity contribution in [2.24, 2.45) is 0 Å². The van der Waals surface area contributed by atoms with Gasteiger partial charge in [-0.2, -0.15) is 0 Å². The summed E-state index contributed by atoms with van der Waals surface area (Å²) in [7, 11) is -3.68. The quantitative estimate of drug-likeness (QED) is 0.802. The van der Waals surface area contributed by atoms with E-state index in [2.05, 4.69) is 0 Å². The number of carbonyl (C=O) groups excluding carboxylic acids is 1. The van der Waals surface area contributed by atoms with Crippen molar-refractivity contribution < 1.29 is 13.2 Å². The van der Waals surface area contributed by atoms with Crippen molar-refractivity contribution in [3.05, 3.63) is 58.1 Å². The molecular weight excluding hydrogens is 372 g/mol. The molecular formula is C19H21ClN2O3S. The van der Waals surface area contributed by atoms with Crippen LogP contribution in [0.2, 0.25) is 5.02 Å². The van der Waals surface area contributed by atoms with Gasteiger partial charge < -0.3 is 4.90 Å². The van der Waals surface area contributed by atoms with Crippen LogP contribution in [0.15, 0.2) is 36.4 Å². The molecule has 138 valence electrons.